The molecule has 29 heavy (non-hydrogen) atoms. The Bertz CT molecular complexity index is 1080. The Kier molecular flexibility index (Phi) is 5.48. The molecule has 4 rings (SSSR count). The van der Waals surface area contributed by atoms with Crippen molar-refractivity contribution in [3.05, 3.63) is 63.6 Å². The molecule has 0 bridgehead atoms. The van der Waals surface area contributed by atoms with Gasteiger partial charge < -0.3 is 15.8 Å². The molecule has 0 amide bonds. The van der Waals surface area contributed by atoms with Gasteiger partial charge in [0.15, 0.2) is 11.6 Å². The number of hydrogen-bond acceptors (Lipinski definition) is 5. The van der Waals surface area contributed by atoms with Gasteiger partial charge in [-0.25, -0.2) is 14.4 Å². The minimum Gasteiger partial charge on any atom is -0.482 e. The highest BCUT2D eigenvalue weighted by molar-refractivity contribution is 6.36. The summed E-state index contributed by atoms with van der Waals surface area (Å²) in [4.78, 5) is 8.75. The third-order valence-corrected chi connectivity index (χ3v) is 5.60. The van der Waals surface area contributed by atoms with Gasteiger partial charge in [0.1, 0.15) is 17.7 Å². The number of hydrogen-bond donors (Lipinski definition) is 2. The van der Waals surface area contributed by atoms with E-state index >= 15 is 0 Å². The van der Waals surface area contributed by atoms with E-state index in [-0.39, 0.29) is 10.8 Å². The van der Waals surface area contributed by atoms with Gasteiger partial charge in [0, 0.05) is 40.7 Å². The van der Waals surface area contributed by atoms with Gasteiger partial charge in [-0.1, -0.05) is 23.2 Å². The van der Waals surface area contributed by atoms with Crippen LogP contribution in [0.5, 0.6) is 5.75 Å². The van der Waals surface area contributed by atoms with E-state index < -0.39 is 11.9 Å². The zero-order valence-electron chi connectivity index (χ0n) is 15.7. The highest BCUT2D eigenvalue weighted by Crippen LogP contribution is 2.37. The number of aromatic nitrogens is 2. The van der Waals surface area contributed by atoms with E-state index in [4.69, 9.17) is 33.7 Å². The standard InChI is InChI=1S/C21H19Cl2FN4O/c1-11(18-15(22)4-5-16(24)19(18)23)29-17-8-14(9-27-20(17)25)13-7-12-3-2-6-26-21(12)28-10-13/h4-5,7-11H,2-3,6H2,1H3,(H2,25,27)(H,26,28)/t11-/m1/s1. The molecule has 1 atom stereocenters. The van der Waals surface area contributed by atoms with Crippen LogP contribution < -0.4 is 15.8 Å². The predicted octanol–water partition coefficient (Wildman–Crippen LogP) is 5.67. The molecule has 3 N–H and O–H groups in total. The van der Waals surface area contributed by atoms with E-state index in [1.165, 1.54) is 17.7 Å². The van der Waals surface area contributed by atoms with Crippen LogP contribution in [0.3, 0.4) is 0 Å². The van der Waals surface area contributed by atoms with Gasteiger partial charge in [-0.05, 0) is 49.6 Å². The summed E-state index contributed by atoms with van der Waals surface area (Å²) in [5, 5.41) is 3.54. The number of fused-ring (bicyclic) bond motifs is 1. The number of aryl methyl sites for hydroxylation is 1. The Balaban J connectivity index is 1.65. The fourth-order valence-electron chi connectivity index (χ4n) is 3.38. The lowest BCUT2D eigenvalue weighted by atomic mass is 10.0. The Morgan fingerprint density at radius 2 is 1.93 bits per heavy atom. The molecule has 1 aliphatic heterocycles. The first-order valence-electron chi connectivity index (χ1n) is 9.22. The van der Waals surface area contributed by atoms with Crippen LogP contribution in [0.4, 0.5) is 16.0 Å². The fourth-order valence-corrected chi connectivity index (χ4v) is 4.05. The third-order valence-electron chi connectivity index (χ3n) is 4.89. The van der Waals surface area contributed by atoms with Crippen LogP contribution in [-0.4, -0.2) is 16.5 Å². The van der Waals surface area contributed by atoms with Crippen LogP contribution in [0, 0.1) is 5.82 Å². The molecule has 1 aliphatic rings. The Morgan fingerprint density at radius 3 is 2.76 bits per heavy atom. The van der Waals surface area contributed by atoms with E-state index in [9.17, 15) is 4.39 Å². The van der Waals surface area contributed by atoms with Gasteiger partial charge in [-0.3, -0.25) is 0 Å². The van der Waals surface area contributed by atoms with E-state index in [1.54, 1.807) is 25.4 Å². The van der Waals surface area contributed by atoms with E-state index in [0.29, 0.717) is 16.3 Å². The Labute approximate surface area is 178 Å². The number of rotatable bonds is 4. The van der Waals surface area contributed by atoms with Crippen molar-refractivity contribution in [1.29, 1.82) is 0 Å². The van der Waals surface area contributed by atoms with Gasteiger partial charge in [-0.15, -0.1) is 0 Å². The van der Waals surface area contributed by atoms with Crippen molar-refractivity contribution in [3.63, 3.8) is 0 Å². The van der Waals surface area contributed by atoms with E-state index in [1.807, 2.05) is 0 Å². The summed E-state index contributed by atoms with van der Waals surface area (Å²) in [5.74, 6) is 0.943. The molecule has 8 heteroatoms. The largest absolute Gasteiger partial charge is 0.482 e. The molecule has 0 saturated heterocycles. The van der Waals surface area contributed by atoms with Crippen molar-refractivity contribution in [3.8, 4) is 16.9 Å². The van der Waals surface area contributed by atoms with Gasteiger partial charge in [0.2, 0.25) is 0 Å². The smallest absolute Gasteiger partial charge is 0.166 e. The lowest BCUT2D eigenvalue weighted by Gasteiger charge is -2.20. The van der Waals surface area contributed by atoms with Crippen LogP contribution in [0.1, 0.15) is 30.6 Å². The highest BCUT2D eigenvalue weighted by atomic mass is 35.5. The minimum atomic E-state index is -0.629. The molecule has 0 fully saturated rings. The zero-order chi connectivity index (χ0) is 20.5. The number of nitrogens with two attached hydrogens (primary N) is 1. The summed E-state index contributed by atoms with van der Waals surface area (Å²) in [6.45, 7) is 2.66. The van der Waals surface area contributed by atoms with Crippen LogP contribution in [0.2, 0.25) is 10.0 Å². The van der Waals surface area contributed by atoms with Crippen molar-refractivity contribution in [2.24, 2.45) is 0 Å². The second kappa shape index (κ2) is 8.05. The maximum atomic E-state index is 13.9. The van der Waals surface area contributed by atoms with Gasteiger partial charge in [-0.2, -0.15) is 0 Å². The highest BCUT2D eigenvalue weighted by Gasteiger charge is 2.20. The lowest BCUT2D eigenvalue weighted by molar-refractivity contribution is 0.227. The SMILES string of the molecule is C[C@@H](Oc1cc(-c2cnc3c(c2)CCCN3)cnc1N)c1c(Cl)ccc(F)c1Cl. The molecule has 0 radical (unpaired) electrons. The topological polar surface area (TPSA) is 73.1 Å². The minimum absolute atomic E-state index is 0.0703. The molecule has 3 heterocycles. The number of halogens is 3. The van der Waals surface area contributed by atoms with Crippen LogP contribution >= 0.6 is 23.2 Å². The first-order chi connectivity index (χ1) is 13.9. The fraction of sp³-hybridized carbons (Fsp3) is 0.238. The predicted molar refractivity (Wildman–Crippen MR) is 114 cm³/mol. The average molecular weight is 433 g/mol. The molecular weight excluding hydrogens is 414 g/mol. The maximum absolute atomic E-state index is 13.9. The quantitative estimate of drug-likeness (QED) is 0.519. The van der Waals surface area contributed by atoms with Crippen molar-refractivity contribution in [2.75, 3.05) is 17.6 Å². The van der Waals surface area contributed by atoms with Crippen molar-refractivity contribution >= 4 is 34.8 Å². The summed E-state index contributed by atoms with van der Waals surface area (Å²) in [7, 11) is 0. The molecule has 0 spiro atoms. The number of benzene rings is 1. The second-order valence-corrected chi connectivity index (χ2v) is 7.67. The second-order valence-electron chi connectivity index (χ2n) is 6.89. The first kappa shape index (κ1) is 19.7. The first-order valence-corrected chi connectivity index (χ1v) is 9.98. The summed E-state index contributed by atoms with van der Waals surface area (Å²) in [6.07, 6.45) is 4.88. The summed E-state index contributed by atoms with van der Waals surface area (Å²) >= 11 is 12.3. The summed E-state index contributed by atoms with van der Waals surface area (Å²) in [6, 6.07) is 6.55. The molecule has 0 aliphatic carbocycles. The molecule has 0 saturated carbocycles. The van der Waals surface area contributed by atoms with Crippen LogP contribution in [-0.2, 0) is 6.42 Å². The van der Waals surface area contributed by atoms with Crippen molar-refractivity contribution < 1.29 is 9.13 Å². The van der Waals surface area contributed by atoms with E-state index in [2.05, 4.69) is 21.4 Å². The number of ether oxygens (including phenoxy) is 1. The number of pyridine rings is 2. The monoisotopic (exact) mass is 432 g/mol. The molecule has 2 aromatic heterocycles. The van der Waals surface area contributed by atoms with E-state index in [0.717, 1.165) is 36.3 Å². The molecule has 5 nitrogen and oxygen atoms in total. The van der Waals surface area contributed by atoms with Gasteiger partial charge in [0.05, 0.1) is 5.02 Å². The van der Waals surface area contributed by atoms with Gasteiger partial charge in [0.25, 0.3) is 0 Å². The van der Waals surface area contributed by atoms with Crippen molar-refractivity contribution in [1.82, 2.24) is 9.97 Å². The average Bonchev–Trinajstić information content (AvgIpc) is 2.72. The van der Waals surface area contributed by atoms with Gasteiger partial charge >= 0.3 is 0 Å². The van der Waals surface area contributed by atoms with Crippen LogP contribution in [0.15, 0.2) is 36.7 Å². The molecule has 150 valence electrons. The maximum Gasteiger partial charge on any atom is 0.166 e. The normalized spacial score (nSPS) is 14.1. The third kappa shape index (κ3) is 3.95. The van der Waals surface area contributed by atoms with Crippen molar-refractivity contribution in [2.45, 2.75) is 25.9 Å². The lowest BCUT2D eigenvalue weighted by Crippen LogP contribution is -2.13. The molecular formula is C21H19Cl2FN4O. The number of nitrogen functional groups attached to an aromatic ring is 1. The number of nitrogens with zero attached hydrogens (tertiary/aromatic N) is 2. The molecule has 0 unspecified atom stereocenters. The number of anilines is 2. The number of nitrogens with one attached hydrogen (secondary N) is 1. The molecule has 3 aromatic rings. The Hall–Kier alpha value is -2.57. The summed E-state index contributed by atoms with van der Waals surface area (Å²) < 4.78 is 19.8. The Morgan fingerprint density at radius 1 is 1.17 bits per heavy atom. The van der Waals surface area contributed by atoms with Crippen LogP contribution in [0.25, 0.3) is 11.1 Å². The molecule has 1 aromatic carbocycles. The summed E-state index contributed by atoms with van der Waals surface area (Å²) in [5.41, 5.74) is 9.27. The zero-order valence-corrected chi connectivity index (χ0v) is 17.2.